The molecule has 104 valence electrons. The number of nitrogens with one attached hydrogen (secondary N) is 1. The second-order valence-electron chi connectivity index (χ2n) is 4.99. The Kier molecular flexibility index (Phi) is 3.67. The summed E-state index contributed by atoms with van der Waals surface area (Å²) in [6.45, 7) is 3.56. The van der Waals surface area contributed by atoms with Crippen molar-refractivity contribution in [2.24, 2.45) is 0 Å². The average Bonchev–Trinajstić information content (AvgIpc) is 2.84. The molecule has 0 bridgehead atoms. The van der Waals surface area contributed by atoms with E-state index in [2.05, 4.69) is 20.8 Å². The largest absolute Gasteiger partial charge is 0.307 e. The van der Waals surface area contributed by atoms with Crippen molar-refractivity contribution in [3.8, 4) is 6.07 Å². The second-order valence-corrected chi connectivity index (χ2v) is 4.99. The van der Waals surface area contributed by atoms with Gasteiger partial charge in [-0.15, -0.1) is 0 Å². The van der Waals surface area contributed by atoms with E-state index in [4.69, 9.17) is 5.26 Å². The minimum Gasteiger partial charge on any atom is -0.307 e. The molecule has 3 aromatic rings. The van der Waals surface area contributed by atoms with Gasteiger partial charge in [-0.2, -0.15) is 5.26 Å². The summed E-state index contributed by atoms with van der Waals surface area (Å²) in [5, 5.41) is 12.2. The van der Waals surface area contributed by atoms with E-state index < -0.39 is 0 Å². The summed E-state index contributed by atoms with van der Waals surface area (Å²) in [6.07, 6.45) is 2.04. The van der Waals surface area contributed by atoms with Crippen LogP contribution in [0.15, 0.2) is 48.7 Å². The number of rotatable bonds is 4. The lowest BCUT2D eigenvalue weighted by atomic mass is 10.1. The van der Waals surface area contributed by atoms with Crippen LogP contribution in [0.5, 0.6) is 0 Å². The Bertz CT molecular complexity index is 794. The SMILES string of the molecule is Cc1nc2ccccn2c1CNCc1ccc(C#N)cc1. The molecule has 0 unspecified atom stereocenters. The maximum atomic E-state index is 8.79. The van der Waals surface area contributed by atoms with Crippen LogP contribution in [0.1, 0.15) is 22.5 Å². The van der Waals surface area contributed by atoms with Gasteiger partial charge in [-0.05, 0) is 36.8 Å². The summed E-state index contributed by atoms with van der Waals surface area (Å²) >= 11 is 0. The van der Waals surface area contributed by atoms with Gasteiger partial charge in [0.25, 0.3) is 0 Å². The van der Waals surface area contributed by atoms with Crippen LogP contribution in [-0.2, 0) is 13.1 Å². The van der Waals surface area contributed by atoms with Gasteiger partial charge in [-0.1, -0.05) is 18.2 Å². The molecule has 0 aliphatic carbocycles. The molecule has 4 nitrogen and oxygen atoms in total. The molecule has 0 saturated carbocycles. The van der Waals surface area contributed by atoms with Crippen molar-refractivity contribution in [2.75, 3.05) is 0 Å². The number of imidazole rings is 1. The molecule has 2 aromatic heterocycles. The first-order chi connectivity index (χ1) is 10.3. The summed E-state index contributed by atoms with van der Waals surface area (Å²) in [4.78, 5) is 4.55. The fraction of sp³-hybridized carbons (Fsp3) is 0.176. The highest BCUT2D eigenvalue weighted by Crippen LogP contribution is 2.11. The van der Waals surface area contributed by atoms with Gasteiger partial charge in [0.05, 0.1) is 23.0 Å². The number of hydrogen-bond donors (Lipinski definition) is 1. The van der Waals surface area contributed by atoms with Crippen molar-refractivity contribution in [2.45, 2.75) is 20.0 Å². The summed E-state index contributed by atoms with van der Waals surface area (Å²) in [7, 11) is 0. The molecule has 0 saturated heterocycles. The Morgan fingerprint density at radius 2 is 1.95 bits per heavy atom. The minimum atomic E-state index is 0.691. The molecule has 0 aliphatic heterocycles. The van der Waals surface area contributed by atoms with Crippen molar-refractivity contribution < 1.29 is 0 Å². The zero-order valence-electron chi connectivity index (χ0n) is 11.9. The first-order valence-electron chi connectivity index (χ1n) is 6.90. The lowest BCUT2D eigenvalue weighted by Crippen LogP contribution is -2.14. The van der Waals surface area contributed by atoms with Gasteiger partial charge < -0.3 is 9.72 Å². The topological polar surface area (TPSA) is 53.1 Å². The van der Waals surface area contributed by atoms with E-state index in [0.717, 1.165) is 24.4 Å². The molecule has 1 N–H and O–H groups in total. The van der Waals surface area contributed by atoms with Crippen LogP contribution >= 0.6 is 0 Å². The Labute approximate surface area is 123 Å². The average molecular weight is 276 g/mol. The van der Waals surface area contributed by atoms with Crippen molar-refractivity contribution in [1.29, 1.82) is 5.26 Å². The van der Waals surface area contributed by atoms with E-state index in [9.17, 15) is 0 Å². The van der Waals surface area contributed by atoms with Gasteiger partial charge in [0.15, 0.2) is 0 Å². The smallest absolute Gasteiger partial charge is 0.137 e. The highest BCUT2D eigenvalue weighted by Gasteiger charge is 2.07. The van der Waals surface area contributed by atoms with Crippen molar-refractivity contribution >= 4 is 5.65 Å². The Morgan fingerprint density at radius 1 is 1.14 bits per heavy atom. The van der Waals surface area contributed by atoms with Gasteiger partial charge in [0.1, 0.15) is 5.65 Å². The van der Waals surface area contributed by atoms with E-state index in [0.29, 0.717) is 5.56 Å². The maximum Gasteiger partial charge on any atom is 0.137 e. The lowest BCUT2D eigenvalue weighted by molar-refractivity contribution is 0.672. The standard InChI is InChI=1S/C17H16N4/c1-13-16(21-9-3-2-4-17(21)20-13)12-19-11-15-7-5-14(10-18)6-8-15/h2-9,19H,11-12H2,1H3. The minimum absolute atomic E-state index is 0.691. The summed E-state index contributed by atoms with van der Waals surface area (Å²) < 4.78 is 2.11. The second kappa shape index (κ2) is 5.78. The monoisotopic (exact) mass is 276 g/mol. The van der Waals surface area contributed by atoms with E-state index in [1.807, 2.05) is 55.6 Å². The van der Waals surface area contributed by atoms with E-state index in [1.54, 1.807) is 0 Å². The molecular formula is C17H16N4. The molecule has 0 aliphatic rings. The molecule has 0 fully saturated rings. The molecule has 2 heterocycles. The van der Waals surface area contributed by atoms with Gasteiger partial charge in [-0.3, -0.25) is 0 Å². The van der Waals surface area contributed by atoms with Crippen molar-refractivity contribution in [3.63, 3.8) is 0 Å². The molecule has 0 atom stereocenters. The number of nitrogens with zero attached hydrogens (tertiary/aromatic N) is 3. The molecule has 21 heavy (non-hydrogen) atoms. The van der Waals surface area contributed by atoms with Gasteiger partial charge >= 0.3 is 0 Å². The van der Waals surface area contributed by atoms with Gasteiger partial charge in [-0.25, -0.2) is 4.98 Å². The first kappa shape index (κ1) is 13.3. The highest BCUT2D eigenvalue weighted by molar-refractivity contribution is 5.42. The van der Waals surface area contributed by atoms with Crippen molar-refractivity contribution in [3.05, 3.63) is 71.2 Å². The molecule has 4 heteroatoms. The van der Waals surface area contributed by atoms with E-state index >= 15 is 0 Å². The number of aryl methyl sites for hydroxylation is 1. The predicted octanol–water partition coefficient (Wildman–Crippen LogP) is 2.80. The normalized spacial score (nSPS) is 10.7. The number of nitriles is 1. The molecule has 0 amide bonds. The van der Waals surface area contributed by atoms with Crippen LogP contribution < -0.4 is 5.32 Å². The molecule has 3 rings (SSSR count). The van der Waals surface area contributed by atoms with Crippen LogP contribution in [-0.4, -0.2) is 9.38 Å². The zero-order chi connectivity index (χ0) is 14.7. The summed E-state index contributed by atoms with van der Waals surface area (Å²) in [5.74, 6) is 0. The quantitative estimate of drug-likeness (QED) is 0.797. The summed E-state index contributed by atoms with van der Waals surface area (Å²) in [6, 6.07) is 15.8. The fourth-order valence-electron chi connectivity index (χ4n) is 2.40. The van der Waals surface area contributed by atoms with Crippen LogP contribution in [0.25, 0.3) is 5.65 Å². The molecule has 0 radical (unpaired) electrons. The van der Waals surface area contributed by atoms with Crippen LogP contribution in [0.4, 0.5) is 0 Å². The van der Waals surface area contributed by atoms with Crippen LogP contribution in [0.2, 0.25) is 0 Å². The molecule has 1 aromatic carbocycles. The lowest BCUT2D eigenvalue weighted by Gasteiger charge is -2.06. The zero-order valence-corrected chi connectivity index (χ0v) is 11.9. The van der Waals surface area contributed by atoms with Crippen LogP contribution in [0.3, 0.4) is 0 Å². The number of fused-ring (bicyclic) bond motifs is 1. The Balaban J connectivity index is 1.69. The maximum absolute atomic E-state index is 8.79. The highest BCUT2D eigenvalue weighted by atomic mass is 15.0. The molecule has 0 spiro atoms. The van der Waals surface area contributed by atoms with Crippen molar-refractivity contribution in [1.82, 2.24) is 14.7 Å². The summed E-state index contributed by atoms with van der Waals surface area (Å²) in [5.41, 5.74) is 5.06. The number of benzene rings is 1. The Hall–Kier alpha value is -2.64. The number of pyridine rings is 1. The third kappa shape index (κ3) is 2.78. The molecular weight excluding hydrogens is 260 g/mol. The van der Waals surface area contributed by atoms with Crippen LogP contribution in [0, 0.1) is 18.3 Å². The number of hydrogen-bond acceptors (Lipinski definition) is 3. The third-order valence-corrected chi connectivity index (χ3v) is 3.53. The van der Waals surface area contributed by atoms with Gasteiger partial charge in [0.2, 0.25) is 0 Å². The van der Waals surface area contributed by atoms with E-state index in [1.165, 1.54) is 11.3 Å². The Morgan fingerprint density at radius 3 is 2.71 bits per heavy atom. The van der Waals surface area contributed by atoms with E-state index in [-0.39, 0.29) is 0 Å². The fourth-order valence-corrected chi connectivity index (χ4v) is 2.40. The third-order valence-electron chi connectivity index (χ3n) is 3.53. The predicted molar refractivity (Wildman–Crippen MR) is 81.6 cm³/mol. The first-order valence-corrected chi connectivity index (χ1v) is 6.90. The van der Waals surface area contributed by atoms with Gasteiger partial charge in [0, 0.05) is 19.3 Å². The number of aromatic nitrogens is 2.